The lowest BCUT2D eigenvalue weighted by molar-refractivity contribution is -0.133. The van der Waals surface area contributed by atoms with Crippen LogP contribution in [0.25, 0.3) is 0 Å². The average Bonchev–Trinajstić information content (AvgIpc) is 2.39. The summed E-state index contributed by atoms with van der Waals surface area (Å²) in [5.74, 6) is 0.274. The summed E-state index contributed by atoms with van der Waals surface area (Å²) in [4.78, 5) is 14.2. The summed E-state index contributed by atoms with van der Waals surface area (Å²) in [7, 11) is 0. The number of nitrogens with one attached hydrogen (secondary N) is 1. The van der Waals surface area contributed by atoms with Gasteiger partial charge < -0.3 is 10.2 Å². The molecule has 0 aromatic heterocycles. The van der Waals surface area contributed by atoms with Crippen LogP contribution in [0.3, 0.4) is 0 Å². The van der Waals surface area contributed by atoms with E-state index in [1.54, 1.807) is 0 Å². The Hall–Kier alpha value is -1.35. The maximum Gasteiger partial charge on any atom is 0.223 e. The molecule has 2 rings (SSSR count). The normalized spacial score (nSPS) is 19.9. The van der Waals surface area contributed by atoms with E-state index in [4.69, 9.17) is 0 Å². The van der Waals surface area contributed by atoms with Gasteiger partial charge in [0.15, 0.2) is 0 Å². The second kappa shape index (κ2) is 6.20. The Bertz CT molecular complexity index is 414. The first kappa shape index (κ1) is 14.1. The van der Waals surface area contributed by atoms with E-state index in [0.717, 1.165) is 32.6 Å². The zero-order chi connectivity index (χ0) is 13.7. The van der Waals surface area contributed by atoms with Crippen molar-refractivity contribution in [1.82, 2.24) is 10.2 Å². The van der Waals surface area contributed by atoms with Crippen molar-refractivity contribution >= 4 is 5.91 Å². The van der Waals surface area contributed by atoms with Crippen molar-refractivity contribution in [1.29, 1.82) is 0 Å². The largest absolute Gasteiger partial charge is 0.342 e. The van der Waals surface area contributed by atoms with Gasteiger partial charge in [0, 0.05) is 32.6 Å². The third-order valence-electron chi connectivity index (χ3n) is 3.60. The lowest BCUT2D eigenvalue weighted by Gasteiger charge is -2.35. The lowest BCUT2D eigenvalue weighted by Crippen LogP contribution is -2.47. The predicted molar refractivity (Wildman–Crippen MR) is 78.0 cm³/mol. The van der Waals surface area contributed by atoms with Gasteiger partial charge in [-0.3, -0.25) is 4.79 Å². The van der Waals surface area contributed by atoms with Crippen LogP contribution in [-0.2, 0) is 11.2 Å². The molecule has 1 N–H and O–H groups in total. The Balaban J connectivity index is 1.97. The first-order valence-electron chi connectivity index (χ1n) is 7.09. The molecule has 3 heteroatoms. The van der Waals surface area contributed by atoms with Crippen molar-refractivity contribution < 1.29 is 4.79 Å². The van der Waals surface area contributed by atoms with Crippen LogP contribution in [-0.4, -0.2) is 37.0 Å². The Morgan fingerprint density at radius 2 is 2.00 bits per heavy atom. The molecule has 0 radical (unpaired) electrons. The van der Waals surface area contributed by atoms with Crippen LogP contribution in [0.5, 0.6) is 0 Å². The fourth-order valence-corrected chi connectivity index (χ4v) is 2.55. The average molecular weight is 260 g/mol. The molecule has 1 aliphatic rings. The molecule has 1 amide bonds. The molecule has 1 heterocycles. The molecule has 1 aliphatic heterocycles. The fourth-order valence-electron chi connectivity index (χ4n) is 2.55. The highest BCUT2D eigenvalue weighted by atomic mass is 16.2. The van der Waals surface area contributed by atoms with E-state index < -0.39 is 0 Å². The summed E-state index contributed by atoms with van der Waals surface area (Å²) in [6.07, 6.45) is 1.56. The smallest absolute Gasteiger partial charge is 0.223 e. The maximum absolute atomic E-state index is 12.2. The highest BCUT2D eigenvalue weighted by Crippen LogP contribution is 2.18. The molecule has 0 aliphatic carbocycles. The van der Waals surface area contributed by atoms with Gasteiger partial charge in [-0.25, -0.2) is 0 Å². The molecule has 1 fully saturated rings. The highest BCUT2D eigenvalue weighted by Gasteiger charge is 2.26. The molecule has 0 bridgehead atoms. The van der Waals surface area contributed by atoms with Crippen LogP contribution in [0.2, 0.25) is 0 Å². The summed E-state index contributed by atoms with van der Waals surface area (Å²) in [6.45, 7) is 7.87. The molecule has 3 nitrogen and oxygen atoms in total. The molecule has 0 atom stereocenters. The van der Waals surface area contributed by atoms with Gasteiger partial charge in [0.2, 0.25) is 5.91 Å². The zero-order valence-electron chi connectivity index (χ0n) is 12.0. The van der Waals surface area contributed by atoms with E-state index in [0.29, 0.717) is 6.42 Å². The summed E-state index contributed by atoms with van der Waals surface area (Å²) in [5, 5.41) is 3.35. The molecule has 0 saturated carbocycles. The van der Waals surface area contributed by atoms with Gasteiger partial charge in [0.25, 0.3) is 0 Å². The number of rotatable bonds is 3. The highest BCUT2D eigenvalue weighted by molar-refractivity contribution is 5.76. The Kier molecular flexibility index (Phi) is 4.59. The van der Waals surface area contributed by atoms with Gasteiger partial charge in [-0.05, 0) is 17.4 Å². The van der Waals surface area contributed by atoms with Crippen LogP contribution < -0.4 is 5.32 Å². The van der Waals surface area contributed by atoms with Gasteiger partial charge in [-0.15, -0.1) is 0 Å². The van der Waals surface area contributed by atoms with E-state index >= 15 is 0 Å². The molecule has 1 saturated heterocycles. The molecular weight excluding hydrogens is 236 g/mol. The molecular formula is C16H24N2O. The number of amides is 1. The molecule has 1 aromatic carbocycles. The van der Waals surface area contributed by atoms with E-state index in [9.17, 15) is 4.79 Å². The molecule has 1 aromatic rings. The van der Waals surface area contributed by atoms with E-state index in [1.165, 1.54) is 5.56 Å². The molecule has 104 valence electrons. The van der Waals surface area contributed by atoms with Crippen LogP contribution in [0.4, 0.5) is 0 Å². The lowest BCUT2D eigenvalue weighted by atomic mass is 9.91. The van der Waals surface area contributed by atoms with Crippen LogP contribution in [0.15, 0.2) is 30.3 Å². The van der Waals surface area contributed by atoms with Crippen LogP contribution in [0.1, 0.15) is 25.8 Å². The van der Waals surface area contributed by atoms with Crippen molar-refractivity contribution in [2.24, 2.45) is 5.41 Å². The van der Waals surface area contributed by atoms with Crippen molar-refractivity contribution in [3.63, 3.8) is 0 Å². The van der Waals surface area contributed by atoms with Crippen molar-refractivity contribution in [2.45, 2.75) is 26.7 Å². The van der Waals surface area contributed by atoms with Crippen molar-refractivity contribution in [3.8, 4) is 0 Å². The Labute approximate surface area is 116 Å². The van der Waals surface area contributed by atoms with Crippen LogP contribution >= 0.6 is 0 Å². The number of carbonyl (C=O) groups excluding carboxylic acids is 1. The van der Waals surface area contributed by atoms with Crippen LogP contribution in [0, 0.1) is 5.41 Å². The standard InChI is InChI=1S/C16H24N2O/c1-16(2)12-17-10-8-15(19)18(13-16)11-9-14-6-4-3-5-7-14/h3-7,17H,8-13H2,1-2H3. The summed E-state index contributed by atoms with van der Waals surface area (Å²) >= 11 is 0. The third kappa shape index (κ3) is 4.35. The maximum atomic E-state index is 12.2. The van der Waals surface area contributed by atoms with E-state index in [-0.39, 0.29) is 11.3 Å². The molecule has 0 unspecified atom stereocenters. The number of hydrogen-bond donors (Lipinski definition) is 1. The van der Waals surface area contributed by atoms with Crippen molar-refractivity contribution in [2.75, 3.05) is 26.2 Å². The minimum atomic E-state index is 0.146. The van der Waals surface area contributed by atoms with Gasteiger partial charge in [0.1, 0.15) is 0 Å². The number of benzene rings is 1. The molecule has 19 heavy (non-hydrogen) atoms. The Morgan fingerprint density at radius 3 is 2.74 bits per heavy atom. The number of nitrogens with zero attached hydrogens (tertiary/aromatic N) is 1. The zero-order valence-corrected chi connectivity index (χ0v) is 12.0. The summed E-state index contributed by atoms with van der Waals surface area (Å²) in [5.41, 5.74) is 1.44. The fraction of sp³-hybridized carbons (Fsp3) is 0.562. The quantitative estimate of drug-likeness (QED) is 0.902. The van der Waals surface area contributed by atoms with Crippen molar-refractivity contribution in [3.05, 3.63) is 35.9 Å². The second-order valence-corrected chi connectivity index (χ2v) is 6.14. The summed E-state index contributed by atoms with van der Waals surface area (Å²) in [6, 6.07) is 10.4. The number of carbonyl (C=O) groups is 1. The van der Waals surface area contributed by atoms with Gasteiger partial charge in [0.05, 0.1) is 0 Å². The van der Waals surface area contributed by atoms with Gasteiger partial charge in [-0.1, -0.05) is 44.2 Å². The monoisotopic (exact) mass is 260 g/mol. The Morgan fingerprint density at radius 1 is 1.26 bits per heavy atom. The second-order valence-electron chi connectivity index (χ2n) is 6.14. The minimum Gasteiger partial charge on any atom is -0.342 e. The van der Waals surface area contributed by atoms with E-state index in [2.05, 4.69) is 43.4 Å². The third-order valence-corrected chi connectivity index (χ3v) is 3.60. The predicted octanol–water partition coefficient (Wildman–Crippen LogP) is 2.08. The summed E-state index contributed by atoms with van der Waals surface area (Å²) < 4.78 is 0. The SMILES string of the molecule is CC1(C)CNCCC(=O)N(CCc2ccccc2)C1. The molecule has 0 spiro atoms. The van der Waals surface area contributed by atoms with E-state index in [1.807, 2.05) is 11.0 Å². The van der Waals surface area contributed by atoms with Gasteiger partial charge in [-0.2, -0.15) is 0 Å². The van der Waals surface area contributed by atoms with Gasteiger partial charge >= 0.3 is 0 Å². The first-order valence-corrected chi connectivity index (χ1v) is 7.09. The first-order chi connectivity index (χ1) is 9.07. The topological polar surface area (TPSA) is 32.3 Å². The minimum absolute atomic E-state index is 0.146. The number of hydrogen-bond acceptors (Lipinski definition) is 2.